The molecule has 1 aromatic heterocycles. The van der Waals surface area contributed by atoms with Crippen LogP contribution in [0, 0.1) is 6.92 Å². The molecule has 0 bridgehead atoms. The fourth-order valence-corrected chi connectivity index (χ4v) is 4.24. The molecule has 3 aromatic carbocycles. The van der Waals surface area contributed by atoms with E-state index in [4.69, 9.17) is 23.2 Å². The quantitative estimate of drug-likeness (QED) is 0.280. The van der Waals surface area contributed by atoms with Crippen LogP contribution in [0.25, 0.3) is 17.1 Å². The molecule has 0 unspecified atom stereocenters. The third-order valence-electron chi connectivity index (χ3n) is 5.18. The lowest BCUT2D eigenvalue weighted by molar-refractivity contribution is 0.101. The minimum atomic E-state index is -0.402. The van der Waals surface area contributed by atoms with Gasteiger partial charge in [0.05, 0.1) is 5.69 Å². The molecule has 33 heavy (non-hydrogen) atoms. The van der Waals surface area contributed by atoms with Gasteiger partial charge < -0.3 is 5.32 Å². The Hall–Kier alpha value is -2.67. The van der Waals surface area contributed by atoms with Crippen LogP contribution in [0.15, 0.2) is 65.1 Å². The van der Waals surface area contributed by atoms with Crippen LogP contribution in [0.2, 0.25) is 10.0 Å². The van der Waals surface area contributed by atoms with Crippen LogP contribution in [0.1, 0.15) is 41.5 Å². The van der Waals surface area contributed by atoms with Crippen molar-refractivity contribution in [1.29, 1.82) is 0 Å². The first kappa shape index (κ1) is 23.5. The van der Waals surface area contributed by atoms with E-state index >= 15 is 0 Å². The van der Waals surface area contributed by atoms with Gasteiger partial charge in [-0.15, -0.1) is 5.10 Å². The van der Waals surface area contributed by atoms with E-state index in [9.17, 15) is 4.79 Å². The molecule has 168 valence electrons. The number of nitrogens with one attached hydrogen (secondary N) is 1. The van der Waals surface area contributed by atoms with E-state index in [1.54, 1.807) is 22.9 Å². The summed E-state index contributed by atoms with van der Waals surface area (Å²) in [6.07, 6.45) is 0. The van der Waals surface area contributed by atoms with Crippen LogP contribution in [0.5, 0.6) is 0 Å². The van der Waals surface area contributed by atoms with Gasteiger partial charge in [0.25, 0.3) is 5.91 Å². The maximum Gasteiger partial charge on any atom is 0.295 e. The van der Waals surface area contributed by atoms with Crippen molar-refractivity contribution < 1.29 is 4.79 Å². The number of halogens is 3. The van der Waals surface area contributed by atoms with Crippen molar-refractivity contribution in [3.05, 3.63) is 92.1 Å². The Kier molecular flexibility index (Phi) is 6.88. The van der Waals surface area contributed by atoms with Crippen molar-refractivity contribution in [2.24, 2.45) is 0 Å². The highest BCUT2D eigenvalue weighted by atomic mass is 79.9. The van der Waals surface area contributed by atoms with Crippen LogP contribution in [-0.4, -0.2) is 20.7 Å². The van der Waals surface area contributed by atoms with Crippen molar-refractivity contribution in [1.82, 2.24) is 14.8 Å². The number of anilines is 1. The van der Waals surface area contributed by atoms with Gasteiger partial charge >= 0.3 is 0 Å². The fourth-order valence-electron chi connectivity index (χ4n) is 3.50. The fraction of sp³-hybridized carbons (Fsp3) is 0.160. The van der Waals surface area contributed by atoms with E-state index in [2.05, 4.69) is 45.2 Å². The summed E-state index contributed by atoms with van der Waals surface area (Å²) in [6.45, 7) is 6.10. The third-order valence-corrected chi connectivity index (χ3v) is 6.14. The van der Waals surface area contributed by atoms with Gasteiger partial charge in [0.15, 0.2) is 5.82 Å². The molecule has 0 aliphatic heterocycles. The van der Waals surface area contributed by atoms with Gasteiger partial charge in [-0.25, -0.2) is 9.67 Å². The summed E-state index contributed by atoms with van der Waals surface area (Å²) < 4.78 is 2.58. The van der Waals surface area contributed by atoms with Gasteiger partial charge in [-0.05, 0) is 66.4 Å². The van der Waals surface area contributed by atoms with Crippen molar-refractivity contribution in [3.63, 3.8) is 0 Å². The number of hydrogen-bond donors (Lipinski definition) is 1. The molecule has 5 nitrogen and oxygen atoms in total. The molecule has 0 saturated heterocycles. The molecule has 0 fully saturated rings. The van der Waals surface area contributed by atoms with Gasteiger partial charge in [-0.1, -0.05) is 71.2 Å². The van der Waals surface area contributed by atoms with E-state index in [1.807, 2.05) is 49.4 Å². The number of carbonyl (C=O) groups is 1. The number of aromatic nitrogens is 3. The molecule has 1 N–H and O–H groups in total. The maximum absolute atomic E-state index is 13.2. The minimum Gasteiger partial charge on any atom is -0.319 e. The normalized spacial score (nSPS) is 11.1. The molecule has 0 aliphatic rings. The van der Waals surface area contributed by atoms with Crippen molar-refractivity contribution in [2.75, 3.05) is 5.32 Å². The minimum absolute atomic E-state index is 0.0435. The monoisotopic (exact) mass is 542 g/mol. The zero-order valence-electron chi connectivity index (χ0n) is 18.2. The summed E-state index contributed by atoms with van der Waals surface area (Å²) in [5, 5.41) is 8.65. The molecule has 0 aliphatic carbocycles. The van der Waals surface area contributed by atoms with E-state index in [1.165, 1.54) is 0 Å². The highest BCUT2D eigenvalue weighted by Gasteiger charge is 2.21. The molecule has 0 saturated carbocycles. The van der Waals surface area contributed by atoms with E-state index < -0.39 is 5.91 Å². The van der Waals surface area contributed by atoms with Gasteiger partial charge in [-0.2, -0.15) is 0 Å². The summed E-state index contributed by atoms with van der Waals surface area (Å²) in [6, 6.07) is 18.5. The van der Waals surface area contributed by atoms with Crippen molar-refractivity contribution in [3.8, 4) is 17.1 Å². The number of hydrogen-bond acceptors (Lipinski definition) is 3. The zero-order chi connectivity index (χ0) is 23.7. The highest BCUT2D eigenvalue weighted by molar-refractivity contribution is 9.10. The molecule has 4 rings (SSSR count). The SMILES string of the molecule is Cc1ccc(Cl)cc1-n1nc(C(=O)Nc2ccc(Br)cc2C(C)C)nc1-c1cccc(Cl)c1. The van der Waals surface area contributed by atoms with Crippen LogP contribution in [0.4, 0.5) is 5.69 Å². The lowest BCUT2D eigenvalue weighted by Gasteiger charge is -2.13. The van der Waals surface area contributed by atoms with Crippen molar-refractivity contribution >= 4 is 50.7 Å². The largest absolute Gasteiger partial charge is 0.319 e. The second kappa shape index (κ2) is 9.67. The lowest BCUT2D eigenvalue weighted by Crippen LogP contribution is -2.16. The first-order valence-electron chi connectivity index (χ1n) is 10.3. The molecule has 1 amide bonds. The Bertz CT molecular complexity index is 1350. The number of rotatable bonds is 5. The first-order valence-corrected chi connectivity index (χ1v) is 11.9. The molecular weight excluding hydrogens is 523 g/mol. The summed E-state index contributed by atoms with van der Waals surface area (Å²) in [5.41, 5.74) is 4.14. The molecular formula is C25H21BrCl2N4O. The number of benzene rings is 3. The van der Waals surface area contributed by atoms with Gasteiger partial charge in [0, 0.05) is 25.8 Å². The smallest absolute Gasteiger partial charge is 0.295 e. The molecule has 4 aromatic rings. The van der Waals surface area contributed by atoms with Crippen LogP contribution in [-0.2, 0) is 0 Å². The predicted molar refractivity (Wildman–Crippen MR) is 138 cm³/mol. The van der Waals surface area contributed by atoms with E-state index in [-0.39, 0.29) is 11.7 Å². The maximum atomic E-state index is 13.2. The zero-order valence-corrected chi connectivity index (χ0v) is 21.3. The Morgan fingerprint density at radius 1 is 1.03 bits per heavy atom. The van der Waals surface area contributed by atoms with E-state index in [0.29, 0.717) is 15.9 Å². The van der Waals surface area contributed by atoms with Gasteiger partial charge in [0.2, 0.25) is 5.82 Å². The average molecular weight is 544 g/mol. The van der Waals surface area contributed by atoms with Gasteiger partial charge in [0.1, 0.15) is 0 Å². The second-order valence-corrected chi connectivity index (χ2v) is 9.74. The standard InChI is InChI=1S/C25H21BrCl2N4O/c1-14(2)20-12-17(26)8-10-21(20)29-25(33)23-30-24(16-5-4-6-18(27)11-16)32(31-23)22-13-19(28)9-7-15(22)3/h4-14H,1-3H3,(H,29,33). The highest BCUT2D eigenvalue weighted by Crippen LogP contribution is 2.29. The Labute approximate surface area is 210 Å². The Morgan fingerprint density at radius 2 is 1.79 bits per heavy atom. The number of nitrogens with zero attached hydrogens (tertiary/aromatic N) is 3. The molecule has 0 atom stereocenters. The van der Waals surface area contributed by atoms with E-state index in [0.717, 1.165) is 32.5 Å². The van der Waals surface area contributed by atoms with Crippen LogP contribution in [0.3, 0.4) is 0 Å². The molecule has 0 spiro atoms. The van der Waals surface area contributed by atoms with Gasteiger partial charge in [-0.3, -0.25) is 4.79 Å². The van der Waals surface area contributed by atoms with Crippen molar-refractivity contribution in [2.45, 2.75) is 26.7 Å². The number of carbonyl (C=O) groups excluding carboxylic acids is 1. The summed E-state index contributed by atoms with van der Waals surface area (Å²) in [7, 11) is 0. The second-order valence-electron chi connectivity index (χ2n) is 7.95. The number of amides is 1. The molecule has 0 radical (unpaired) electrons. The summed E-state index contributed by atoms with van der Waals surface area (Å²) in [4.78, 5) is 17.8. The lowest BCUT2D eigenvalue weighted by atomic mass is 10.0. The topological polar surface area (TPSA) is 59.8 Å². The first-order chi connectivity index (χ1) is 15.7. The summed E-state index contributed by atoms with van der Waals surface area (Å²) in [5.74, 6) is 0.357. The molecule has 1 heterocycles. The molecule has 8 heteroatoms. The third kappa shape index (κ3) is 5.13. The van der Waals surface area contributed by atoms with Crippen LogP contribution >= 0.6 is 39.1 Å². The number of aryl methyl sites for hydroxylation is 1. The Balaban J connectivity index is 1.80. The predicted octanol–water partition coefficient (Wildman–Crippen LogP) is 7.69. The Morgan fingerprint density at radius 3 is 2.52 bits per heavy atom. The average Bonchev–Trinajstić information content (AvgIpc) is 3.22. The van der Waals surface area contributed by atoms with Crippen LogP contribution < -0.4 is 5.32 Å². The summed E-state index contributed by atoms with van der Waals surface area (Å²) >= 11 is 16.0.